The first-order chi connectivity index (χ1) is 7.34. The average Bonchev–Trinajstić information content (AvgIpc) is 2.52. The van der Waals surface area contributed by atoms with Crippen molar-refractivity contribution in [3.8, 4) is 0 Å². The highest BCUT2D eigenvalue weighted by molar-refractivity contribution is 7.16. The van der Waals surface area contributed by atoms with Gasteiger partial charge in [-0.3, -0.25) is 0 Å². The molecule has 0 radical (unpaired) electrons. The first-order valence-corrected chi connectivity index (χ1v) is 7.01. The fourth-order valence-electron chi connectivity index (χ4n) is 2.15. The van der Waals surface area contributed by atoms with Crippen molar-refractivity contribution >= 4 is 22.9 Å². The summed E-state index contributed by atoms with van der Waals surface area (Å²) in [4.78, 5) is 1.42. The Morgan fingerprint density at radius 1 is 1.33 bits per heavy atom. The molecule has 1 aromatic heterocycles. The van der Waals surface area contributed by atoms with E-state index in [1.54, 1.807) is 11.3 Å². The fourth-order valence-corrected chi connectivity index (χ4v) is 3.25. The maximum atomic E-state index is 5.91. The minimum atomic E-state index is 0.730. The number of rotatable bonds is 3. The molecule has 1 aliphatic heterocycles. The van der Waals surface area contributed by atoms with Gasteiger partial charge in [0.2, 0.25) is 0 Å². The van der Waals surface area contributed by atoms with Gasteiger partial charge >= 0.3 is 0 Å². The molecule has 1 fully saturated rings. The Morgan fingerprint density at radius 3 is 3.07 bits per heavy atom. The number of thiophene rings is 1. The van der Waals surface area contributed by atoms with Gasteiger partial charge in [-0.2, -0.15) is 0 Å². The Labute approximate surface area is 101 Å². The lowest BCUT2D eigenvalue weighted by molar-refractivity contribution is 0.479. The van der Waals surface area contributed by atoms with E-state index in [0.717, 1.165) is 10.4 Å². The van der Waals surface area contributed by atoms with Gasteiger partial charge in [-0.15, -0.1) is 11.3 Å². The molecule has 3 heteroatoms. The molecule has 2 heterocycles. The molecule has 15 heavy (non-hydrogen) atoms. The normalized spacial score (nSPS) is 22.6. The molecule has 1 aliphatic rings. The van der Waals surface area contributed by atoms with Crippen LogP contribution in [0.1, 0.15) is 37.0 Å². The fraction of sp³-hybridized carbons (Fsp3) is 0.667. The molecule has 1 N–H and O–H groups in total. The lowest BCUT2D eigenvalue weighted by Gasteiger charge is -2.14. The molecular weight excluding hydrogens is 226 g/mol. The molecule has 2 rings (SSSR count). The van der Waals surface area contributed by atoms with E-state index >= 15 is 0 Å². The van der Waals surface area contributed by atoms with Gasteiger partial charge in [0, 0.05) is 10.9 Å². The van der Waals surface area contributed by atoms with Crippen LogP contribution in [-0.2, 0) is 6.42 Å². The van der Waals surface area contributed by atoms with E-state index in [4.69, 9.17) is 11.6 Å². The zero-order valence-electron chi connectivity index (χ0n) is 8.97. The van der Waals surface area contributed by atoms with Crippen LogP contribution in [0.5, 0.6) is 0 Å². The van der Waals surface area contributed by atoms with Crippen molar-refractivity contribution in [1.82, 2.24) is 5.32 Å². The van der Waals surface area contributed by atoms with Gasteiger partial charge < -0.3 is 5.32 Å². The van der Waals surface area contributed by atoms with Gasteiger partial charge in [-0.1, -0.05) is 24.4 Å². The molecular formula is C12H18ClNS. The van der Waals surface area contributed by atoms with Gasteiger partial charge in [0.1, 0.15) is 0 Å². The summed E-state index contributed by atoms with van der Waals surface area (Å²) in [6.07, 6.45) is 7.92. The van der Waals surface area contributed by atoms with Gasteiger partial charge in [-0.05, 0) is 44.4 Å². The Hall–Kier alpha value is -0.0500. The van der Waals surface area contributed by atoms with Crippen molar-refractivity contribution in [3.05, 3.63) is 21.3 Å². The zero-order chi connectivity index (χ0) is 10.5. The summed E-state index contributed by atoms with van der Waals surface area (Å²) in [7, 11) is 0. The molecule has 0 saturated carbocycles. The summed E-state index contributed by atoms with van der Waals surface area (Å²) < 4.78 is 0.916. The first kappa shape index (κ1) is 11.4. The molecule has 0 spiro atoms. The van der Waals surface area contributed by atoms with E-state index in [1.807, 2.05) is 6.07 Å². The van der Waals surface area contributed by atoms with E-state index in [9.17, 15) is 0 Å². The van der Waals surface area contributed by atoms with E-state index in [-0.39, 0.29) is 0 Å². The average molecular weight is 244 g/mol. The van der Waals surface area contributed by atoms with Crippen LogP contribution in [0.3, 0.4) is 0 Å². The zero-order valence-corrected chi connectivity index (χ0v) is 10.5. The number of nitrogens with one attached hydrogen (secondary N) is 1. The summed E-state index contributed by atoms with van der Waals surface area (Å²) in [6, 6.07) is 4.89. The van der Waals surface area contributed by atoms with Gasteiger partial charge in [-0.25, -0.2) is 0 Å². The topological polar surface area (TPSA) is 12.0 Å². The minimum Gasteiger partial charge on any atom is -0.314 e. The second kappa shape index (κ2) is 5.88. The number of hydrogen-bond acceptors (Lipinski definition) is 2. The van der Waals surface area contributed by atoms with Crippen LogP contribution in [-0.4, -0.2) is 12.6 Å². The third-order valence-electron chi connectivity index (χ3n) is 3.03. The molecule has 1 atom stereocenters. The van der Waals surface area contributed by atoms with Crippen LogP contribution >= 0.6 is 22.9 Å². The monoisotopic (exact) mass is 243 g/mol. The van der Waals surface area contributed by atoms with Crippen molar-refractivity contribution in [3.63, 3.8) is 0 Å². The van der Waals surface area contributed by atoms with Crippen molar-refractivity contribution in [2.24, 2.45) is 0 Å². The van der Waals surface area contributed by atoms with Crippen molar-refractivity contribution in [1.29, 1.82) is 0 Å². The summed E-state index contributed by atoms with van der Waals surface area (Å²) in [5.74, 6) is 0. The molecule has 0 aromatic carbocycles. The summed E-state index contributed by atoms with van der Waals surface area (Å²) >= 11 is 7.63. The van der Waals surface area contributed by atoms with Crippen LogP contribution in [0, 0.1) is 0 Å². The first-order valence-electron chi connectivity index (χ1n) is 5.82. The number of aryl methyl sites for hydroxylation is 1. The van der Waals surface area contributed by atoms with Crippen LogP contribution in [0.2, 0.25) is 4.34 Å². The summed E-state index contributed by atoms with van der Waals surface area (Å²) in [5, 5.41) is 3.63. The second-order valence-electron chi connectivity index (χ2n) is 4.24. The molecule has 0 bridgehead atoms. The molecule has 1 nitrogen and oxygen atoms in total. The van der Waals surface area contributed by atoms with Crippen molar-refractivity contribution in [2.45, 2.75) is 44.6 Å². The largest absolute Gasteiger partial charge is 0.314 e. The third kappa shape index (κ3) is 3.78. The summed E-state index contributed by atoms with van der Waals surface area (Å²) in [5.41, 5.74) is 0. The maximum Gasteiger partial charge on any atom is 0.0931 e. The van der Waals surface area contributed by atoms with Crippen LogP contribution in [0.15, 0.2) is 12.1 Å². The van der Waals surface area contributed by atoms with Crippen LogP contribution in [0.4, 0.5) is 0 Å². The lowest BCUT2D eigenvalue weighted by Crippen LogP contribution is -2.28. The van der Waals surface area contributed by atoms with Crippen LogP contribution in [0.25, 0.3) is 0 Å². The standard InChI is InChI=1S/C12H18ClNS/c13-12-8-7-11(15-12)6-5-10-4-2-1-3-9-14-10/h7-8,10,14H,1-6,9H2. The van der Waals surface area contributed by atoms with E-state index in [2.05, 4.69) is 11.4 Å². The molecule has 1 unspecified atom stereocenters. The smallest absolute Gasteiger partial charge is 0.0931 e. The summed E-state index contributed by atoms with van der Waals surface area (Å²) in [6.45, 7) is 1.20. The van der Waals surface area contributed by atoms with E-state index in [1.165, 1.54) is 49.9 Å². The highest BCUT2D eigenvalue weighted by atomic mass is 35.5. The molecule has 1 aromatic rings. The van der Waals surface area contributed by atoms with Gasteiger partial charge in [0.25, 0.3) is 0 Å². The molecule has 1 saturated heterocycles. The van der Waals surface area contributed by atoms with Crippen LogP contribution < -0.4 is 5.32 Å². The van der Waals surface area contributed by atoms with E-state index in [0.29, 0.717) is 0 Å². The van der Waals surface area contributed by atoms with Gasteiger partial charge in [0.05, 0.1) is 4.34 Å². The highest BCUT2D eigenvalue weighted by Gasteiger charge is 2.11. The third-order valence-corrected chi connectivity index (χ3v) is 4.32. The number of hydrogen-bond donors (Lipinski definition) is 1. The van der Waals surface area contributed by atoms with Gasteiger partial charge in [0.15, 0.2) is 0 Å². The molecule has 0 aliphatic carbocycles. The Balaban J connectivity index is 1.76. The number of halogens is 1. The SMILES string of the molecule is Clc1ccc(CCC2CCCCCN2)s1. The lowest BCUT2D eigenvalue weighted by atomic mass is 10.1. The van der Waals surface area contributed by atoms with E-state index < -0.39 is 0 Å². The van der Waals surface area contributed by atoms with Crippen molar-refractivity contribution < 1.29 is 0 Å². The predicted molar refractivity (Wildman–Crippen MR) is 67.9 cm³/mol. The Bertz CT molecular complexity index is 290. The molecule has 84 valence electrons. The quantitative estimate of drug-likeness (QED) is 0.850. The van der Waals surface area contributed by atoms with Crippen molar-refractivity contribution in [2.75, 3.05) is 6.54 Å². The maximum absolute atomic E-state index is 5.91. The Kier molecular flexibility index (Phi) is 4.48. The Morgan fingerprint density at radius 2 is 2.27 bits per heavy atom. The minimum absolute atomic E-state index is 0.730. The molecule has 0 amide bonds. The predicted octanol–water partition coefficient (Wildman–Crippen LogP) is 3.87. The highest BCUT2D eigenvalue weighted by Crippen LogP contribution is 2.23. The second-order valence-corrected chi connectivity index (χ2v) is 6.04.